The van der Waals surface area contributed by atoms with Crippen LogP contribution in [0, 0.1) is 0 Å². The summed E-state index contributed by atoms with van der Waals surface area (Å²) in [5.41, 5.74) is 1.000. The molecule has 0 aliphatic heterocycles. The minimum Gasteiger partial charge on any atom is -0.486 e. The van der Waals surface area contributed by atoms with E-state index in [0.717, 1.165) is 21.3 Å². The van der Waals surface area contributed by atoms with Gasteiger partial charge in [0.1, 0.15) is 17.4 Å². The Morgan fingerprint density at radius 2 is 1.78 bits per heavy atom. The second-order valence-corrected chi connectivity index (χ2v) is 6.22. The largest absolute Gasteiger partial charge is 0.486 e. The van der Waals surface area contributed by atoms with Crippen LogP contribution in [0.3, 0.4) is 0 Å². The lowest BCUT2D eigenvalue weighted by Crippen LogP contribution is -2.02. The van der Waals surface area contributed by atoms with Gasteiger partial charge in [0.2, 0.25) is 4.96 Å². The second kappa shape index (κ2) is 5.98. The standard InChI is InChI=1S/C16H11ClN4OS/c17-12-8-6-11(7-9-12)15-20-21-14(18-19-16(21)23-15)10-22-13-4-2-1-3-5-13/h1-9H,10H2. The van der Waals surface area contributed by atoms with Crippen LogP contribution in [-0.2, 0) is 6.61 Å². The molecule has 0 N–H and O–H groups in total. The molecular formula is C16H11ClN4OS. The van der Waals surface area contributed by atoms with Gasteiger partial charge in [0.15, 0.2) is 5.82 Å². The number of benzene rings is 2. The number of ether oxygens (including phenoxy) is 1. The van der Waals surface area contributed by atoms with E-state index in [-0.39, 0.29) is 0 Å². The van der Waals surface area contributed by atoms with Gasteiger partial charge in [-0.2, -0.15) is 9.61 Å². The molecule has 0 bridgehead atoms. The van der Waals surface area contributed by atoms with Crippen LogP contribution in [0.5, 0.6) is 5.75 Å². The Balaban J connectivity index is 1.60. The first kappa shape index (κ1) is 14.2. The number of aromatic nitrogens is 4. The molecular weight excluding hydrogens is 332 g/mol. The molecule has 0 unspecified atom stereocenters. The minimum absolute atomic E-state index is 0.314. The van der Waals surface area contributed by atoms with E-state index in [0.29, 0.717) is 17.5 Å². The Morgan fingerprint density at radius 3 is 2.57 bits per heavy atom. The highest BCUT2D eigenvalue weighted by Gasteiger charge is 2.13. The van der Waals surface area contributed by atoms with E-state index in [9.17, 15) is 0 Å². The minimum atomic E-state index is 0.314. The maximum atomic E-state index is 5.92. The van der Waals surface area contributed by atoms with E-state index in [1.165, 1.54) is 11.3 Å². The van der Waals surface area contributed by atoms with E-state index >= 15 is 0 Å². The number of fused-ring (bicyclic) bond motifs is 1. The summed E-state index contributed by atoms with van der Waals surface area (Å²) in [4.78, 5) is 0.738. The van der Waals surface area contributed by atoms with E-state index < -0.39 is 0 Å². The van der Waals surface area contributed by atoms with Crippen molar-refractivity contribution in [2.24, 2.45) is 0 Å². The fraction of sp³-hybridized carbons (Fsp3) is 0.0625. The van der Waals surface area contributed by atoms with E-state index in [1.54, 1.807) is 4.52 Å². The zero-order chi connectivity index (χ0) is 15.6. The number of halogens is 1. The third-order valence-electron chi connectivity index (χ3n) is 3.26. The van der Waals surface area contributed by atoms with E-state index in [4.69, 9.17) is 16.3 Å². The van der Waals surface area contributed by atoms with Crippen LogP contribution < -0.4 is 4.74 Å². The van der Waals surface area contributed by atoms with Crippen LogP contribution in [0.2, 0.25) is 5.02 Å². The van der Waals surface area contributed by atoms with Gasteiger partial charge in [-0.25, -0.2) is 0 Å². The van der Waals surface area contributed by atoms with Crippen molar-refractivity contribution in [1.29, 1.82) is 0 Å². The van der Waals surface area contributed by atoms with Gasteiger partial charge in [0.05, 0.1) is 0 Å². The van der Waals surface area contributed by atoms with Crippen LogP contribution >= 0.6 is 22.9 Å². The Kier molecular flexibility index (Phi) is 3.69. The highest BCUT2D eigenvalue weighted by atomic mass is 35.5. The van der Waals surface area contributed by atoms with Gasteiger partial charge in [-0.3, -0.25) is 0 Å². The normalized spacial score (nSPS) is 11.0. The molecule has 0 saturated carbocycles. The summed E-state index contributed by atoms with van der Waals surface area (Å²) >= 11 is 7.40. The summed E-state index contributed by atoms with van der Waals surface area (Å²) in [5.74, 6) is 1.46. The van der Waals surface area contributed by atoms with Gasteiger partial charge >= 0.3 is 0 Å². The van der Waals surface area contributed by atoms with Gasteiger partial charge in [-0.05, 0) is 24.3 Å². The Bertz CT molecular complexity index is 934. The Morgan fingerprint density at radius 1 is 1.00 bits per heavy atom. The van der Waals surface area contributed by atoms with Crippen LogP contribution in [-0.4, -0.2) is 19.8 Å². The molecule has 5 nitrogen and oxygen atoms in total. The van der Waals surface area contributed by atoms with Gasteiger partial charge < -0.3 is 4.74 Å². The van der Waals surface area contributed by atoms with Crippen molar-refractivity contribution >= 4 is 27.9 Å². The fourth-order valence-electron chi connectivity index (χ4n) is 2.12. The zero-order valence-electron chi connectivity index (χ0n) is 11.9. The molecule has 0 saturated heterocycles. The molecule has 0 aliphatic carbocycles. The fourth-order valence-corrected chi connectivity index (χ4v) is 3.11. The van der Waals surface area contributed by atoms with E-state index in [2.05, 4.69) is 15.3 Å². The average molecular weight is 343 g/mol. The van der Waals surface area contributed by atoms with Crippen LogP contribution in [0.25, 0.3) is 15.5 Å². The van der Waals surface area contributed by atoms with Crippen LogP contribution in [0.15, 0.2) is 54.6 Å². The molecule has 4 aromatic rings. The summed E-state index contributed by atoms with van der Waals surface area (Å²) in [6.45, 7) is 0.314. The number of para-hydroxylation sites is 1. The number of hydrogen-bond donors (Lipinski definition) is 0. The van der Waals surface area contributed by atoms with Crippen LogP contribution in [0.1, 0.15) is 5.82 Å². The van der Waals surface area contributed by atoms with Crippen molar-refractivity contribution in [3.63, 3.8) is 0 Å². The van der Waals surface area contributed by atoms with Crippen molar-refractivity contribution in [2.45, 2.75) is 6.61 Å². The molecule has 114 valence electrons. The van der Waals surface area contributed by atoms with Crippen molar-refractivity contribution in [3.8, 4) is 16.3 Å². The van der Waals surface area contributed by atoms with Crippen molar-refractivity contribution in [3.05, 3.63) is 65.4 Å². The highest BCUT2D eigenvalue weighted by molar-refractivity contribution is 7.19. The molecule has 7 heteroatoms. The summed E-state index contributed by atoms with van der Waals surface area (Å²) in [6.07, 6.45) is 0. The molecule has 23 heavy (non-hydrogen) atoms. The molecule has 0 radical (unpaired) electrons. The van der Waals surface area contributed by atoms with Crippen molar-refractivity contribution in [2.75, 3.05) is 0 Å². The summed E-state index contributed by atoms with van der Waals surface area (Å²) in [5, 5.41) is 14.4. The molecule has 0 fully saturated rings. The third-order valence-corrected chi connectivity index (χ3v) is 4.46. The maximum Gasteiger partial charge on any atom is 0.235 e. The maximum absolute atomic E-state index is 5.92. The molecule has 0 amide bonds. The first-order chi connectivity index (χ1) is 11.3. The quantitative estimate of drug-likeness (QED) is 0.560. The zero-order valence-corrected chi connectivity index (χ0v) is 13.5. The van der Waals surface area contributed by atoms with Gasteiger partial charge in [-0.15, -0.1) is 10.2 Å². The molecule has 2 heterocycles. The number of rotatable bonds is 4. The van der Waals surface area contributed by atoms with Gasteiger partial charge in [-0.1, -0.05) is 53.3 Å². The molecule has 4 rings (SSSR count). The summed E-state index contributed by atoms with van der Waals surface area (Å²) in [7, 11) is 0. The lowest BCUT2D eigenvalue weighted by atomic mass is 10.2. The predicted octanol–water partition coefficient (Wildman–Crippen LogP) is 4.09. The summed E-state index contributed by atoms with van der Waals surface area (Å²) in [6, 6.07) is 17.2. The van der Waals surface area contributed by atoms with Gasteiger partial charge in [0, 0.05) is 10.6 Å². The lowest BCUT2D eigenvalue weighted by Gasteiger charge is -2.02. The molecule has 2 aromatic heterocycles. The molecule has 0 spiro atoms. The first-order valence-electron chi connectivity index (χ1n) is 6.94. The molecule has 2 aromatic carbocycles. The monoisotopic (exact) mass is 342 g/mol. The SMILES string of the molecule is Clc1ccc(-c2nn3c(COc4ccccc4)nnc3s2)cc1. The number of hydrogen-bond acceptors (Lipinski definition) is 5. The second-order valence-electron chi connectivity index (χ2n) is 4.83. The average Bonchev–Trinajstić information content (AvgIpc) is 3.15. The highest BCUT2D eigenvalue weighted by Crippen LogP contribution is 2.26. The topological polar surface area (TPSA) is 52.3 Å². The third kappa shape index (κ3) is 2.91. The smallest absolute Gasteiger partial charge is 0.235 e. The Hall–Kier alpha value is -2.44. The predicted molar refractivity (Wildman–Crippen MR) is 89.9 cm³/mol. The van der Waals surface area contributed by atoms with Gasteiger partial charge in [0.25, 0.3) is 0 Å². The molecule has 0 aliphatic rings. The number of nitrogens with zero attached hydrogens (tertiary/aromatic N) is 4. The van der Waals surface area contributed by atoms with Crippen LogP contribution in [0.4, 0.5) is 0 Å². The summed E-state index contributed by atoms with van der Waals surface area (Å²) < 4.78 is 7.43. The van der Waals surface area contributed by atoms with E-state index in [1.807, 2.05) is 54.6 Å². The first-order valence-corrected chi connectivity index (χ1v) is 8.14. The van der Waals surface area contributed by atoms with Crippen molar-refractivity contribution < 1.29 is 4.74 Å². The lowest BCUT2D eigenvalue weighted by molar-refractivity contribution is 0.293. The Labute approximate surface area is 141 Å². The van der Waals surface area contributed by atoms with Crippen molar-refractivity contribution in [1.82, 2.24) is 19.8 Å². The molecule has 0 atom stereocenters.